The zero-order chi connectivity index (χ0) is 14.8. The van der Waals surface area contributed by atoms with Crippen molar-refractivity contribution >= 4 is 23.4 Å². The fourth-order valence-corrected chi connectivity index (χ4v) is 3.93. The highest BCUT2D eigenvalue weighted by molar-refractivity contribution is 6.30. The zero-order valence-electron chi connectivity index (χ0n) is 11.8. The van der Waals surface area contributed by atoms with Crippen LogP contribution in [0.2, 0.25) is 5.02 Å². The third kappa shape index (κ3) is 3.38. The summed E-state index contributed by atoms with van der Waals surface area (Å²) < 4.78 is 0. The van der Waals surface area contributed by atoms with Crippen LogP contribution in [0.15, 0.2) is 24.3 Å². The van der Waals surface area contributed by atoms with Gasteiger partial charge in [-0.1, -0.05) is 24.1 Å². The topological polar surface area (TPSA) is 58.2 Å². The van der Waals surface area contributed by atoms with Crippen LogP contribution in [0.25, 0.3) is 0 Å². The molecule has 5 heteroatoms. The molecule has 3 atom stereocenters. The molecular weight excluding hydrogens is 288 g/mol. The van der Waals surface area contributed by atoms with Crippen molar-refractivity contribution in [1.82, 2.24) is 10.9 Å². The van der Waals surface area contributed by atoms with E-state index < -0.39 is 0 Å². The van der Waals surface area contributed by atoms with Gasteiger partial charge in [0.15, 0.2) is 0 Å². The van der Waals surface area contributed by atoms with Crippen molar-refractivity contribution in [1.29, 1.82) is 0 Å². The summed E-state index contributed by atoms with van der Waals surface area (Å²) in [5.41, 5.74) is 5.39. The Morgan fingerprint density at radius 2 is 2.05 bits per heavy atom. The lowest BCUT2D eigenvalue weighted by Gasteiger charge is -2.20. The molecule has 112 valence electrons. The van der Waals surface area contributed by atoms with Gasteiger partial charge in [-0.25, -0.2) is 0 Å². The third-order valence-electron chi connectivity index (χ3n) is 4.73. The van der Waals surface area contributed by atoms with Crippen LogP contribution in [0.5, 0.6) is 0 Å². The molecular formula is C16H19ClN2O2. The summed E-state index contributed by atoms with van der Waals surface area (Å²) in [6, 6.07) is 6.63. The second kappa shape index (κ2) is 6.06. The largest absolute Gasteiger partial charge is 0.273 e. The minimum absolute atomic E-state index is 0.108. The Kier molecular flexibility index (Phi) is 4.15. The molecule has 0 unspecified atom stereocenters. The van der Waals surface area contributed by atoms with Crippen LogP contribution in [-0.4, -0.2) is 11.8 Å². The van der Waals surface area contributed by atoms with Crippen LogP contribution >= 0.6 is 11.6 Å². The first-order valence-electron chi connectivity index (χ1n) is 7.46. The molecule has 0 spiro atoms. The fourth-order valence-electron chi connectivity index (χ4n) is 3.74. The highest BCUT2D eigenvalue weighted by Crippen LogP contribution is 2.49. The van der Waals surface area contributed by atoms with E-state index >= 15 is 0 Å². The van der Waals surface area contributed by atoms with E-state index in [4.69, 9.17) is 11.6 Å². The molecule has 2 N–H and O–H groups in total. The van der Waals surface area contributed by atoms with Gasteiger partial charge in [0.05, 0.1) is 0 Å². The second-order valence-corrected chi connectivity index (χ2v) is 6.59. The molecule has 0 aliphatic heterocycles. The molecule has 2 bridgehead atoms. The Morgan fingerprint density at radius 1 is 1.19 bits per heavy atom. The first-order valence-corrected chi connectivity index (χ1v) is 7.84. The summed E-state index contributed by atoms with van der Waals surface area (Å²) in [5.74, 6) is 1.58. The van der Waals surface area contributed by atoms with Gasteiger partial charge in [0.25, 0.3) is 5.91 Å². The molecule has 1 aromatic rings. The van der Waals surface area contributed by atoms with Gasteiger partial charge in [0.1, 0.15) is 0 Å². The molecule has 2 fully saturated rings. The van der Waals surface area contributed by atoms with Gasteiger partial charge in [-0.15, -0.1) is 0 Å². The van der Waals surface area contributed by atoms with Crippen molar-refractivity contribution < 1.29 is 9.59 Å². The summed E-state index contributed by atoms with van der Waals surface area (Å²) in [7, 11) is 0. The average molecular weight is 307 g/mol. The van der Waals surface area contributed by atoms with Crippen LogP contribution in [0.3, 0.4) is 0 Å². The van der Waals surface area contributed by atoms with Gasteiger partial charge < -0.3 is 0 Å². The summed E-state index contributed by atoms with van der Waals surface area (Å²) in [6.07, 6.45) is 5.55. The first kappa shape index (κ1) is 14.4. The standard InChI is InChI=1S/C16H19ClN2O2/c17-14-3-1-2-12(8-14)16(21)19-18-15(20)9-13-7-10-4-5-11(13)6-10/h1-3,8,10-11,13H,4-7,9H2,(H,18,20)(H,19,21)/t10-,11+,13-/m0/s1. The number of carbonyl (C=O) groups excluding carboxylic acids is 2. The van der Waals surface area contributed by atoms with Gasteiger partial charge in [-0.3, -0.25) is 20.4 Å². The fraction of sp³-hybridized carbons (Fsp3) is 0.500. The maximum Gasteiger partial charge on any atom is 0.269 e. The third-order valence-corrected chi connectivity index (χ3v) is 4.97. The highest BCUT2D eigenvalue weighted by Gasteiger charge is 2.40. The monoisotopic (exact) mass is 306 g/mol. The number of hydrogen-bond acceptors (Lipinski definition) is 2. The molecule has 4 nitrogen and oxygen atoms in total. The maximum absolute atomic E-state index is 11.9. The van der Waals surface area contributed by atoms with Crippen LogP contribution in [-0.2, 0) is 4.79 Å². The highest BCUT2D eigenvalue weighted by atomic mass is 35.5. The van der Waals surface area contributed by atoms with Gasteiger partial charge in [0.2, 0.25) is 5.91 Å². The van der Waals surface area contributed by atoms with Crippen LogP contribution in [0.4, 0.5) is 0 Å². The first-order chi connectivity index (χ1) is 10.1. The van der Waals surface area contributed by atoms with E-state index in [2.05, 4.69) is 10.9 Å². The lowest BCUT2D eigenvalue weighted by atomic mass is 9.86. The number of amides is 2. The number of benzene rings is 1. The minimum Gasteiger partial charge on any atom is -0.273 e. The second-order valence-electron chi connectivity index (χ2n) is 6.15. The van der Waals surface area contributed by atoms with E-state index in [9.17, 15) is 9.59 Å². The van der Waals surface area contributed by atoms with Crippen molar-refractivity contribution in [3.8, 4) is 0 Å². The van der Waals surface area contributed by atoms with E-state index in [-0.39, 0.29) is 11.8 Å². The normalized spacial score (nSPS) is 26.6. The number of hydrogen-bond donors (Lipinski definition) is 2. The lowest BCUT2D eigenvalue weighted by Crippen LogP contribution is -2.42. The van der Waals surface area contributed by atoms with Crippen LogP contribution in [0.1, 0.15) is 42.5 Å². The molecule has 2 aliphatic carbocycles. The molecule has 2 amide bonds. The zero-order valence-corrected chi connectivity index (χ0v) is 12.5. The van der Waals surface area contributed by atoms with Gasteiger partial charge in [0, 0.05) is 17.0 Å². The summed E-state index contributed by atoms with van der Waals surface area (Å²) in [6.45, 7) is 0. The quantitative estimate of drug-likeness (QED) is 0.844. The van der Waals surface area contributed by atoms with E-state index in [0.717, 1.165) is 5.92 Å². The van der Waals surface area contributed by atoms with Crippen molar-refractivity contribution in [2.75, 3.05) is 0 Å². The number of rotatable bonds is 3. The molecule has 2 saturated carbocycles. The average Bonchev–Trinajstić information content (AvgIpc) is 3.07. The molecule has 2 aliphatic rings. The Hall–Kier alpha value is -1.55. The van der Waals surface area contributed by atoms with Gasteiger partial charge in [-0.05, 0) is 55.2 Å². The molecule has 0 aromatic heterocycles. The predicted molar refractivity (Wildman–Crippen MR) is 80.6 cm³/mol. The van der Waals surface area contributed by atoms with E-state index in [1.165, 1.54) is 25.7 Å². The Morgan fingerprint density at radius 3 is 2.71 bits per heavy atom. The van der Waals surface area contributed by atoms with Gasteiger partial charge in [-0.2, -0.15) is 0 Å². The van der Waals surface area contributed by atoms with Crippen LogP contribution in [0, 0.1) is 17.8 Å². The van der Waals surface area contributed by atoms with Crippen molar-refractivity contribution in [2.45, 2.75) is 32.1 Å². The van der Waals surface area contributed by atoms with Crippen molar-refractivity contribution in [3.63, 3.8) is 0 Å². The number of nitrogens with one attached hydrogen (secondary N) is 2. The summed E-state index contributed by atoms with van der Waals surface area (Å²) in [5, 5.41) is 0.496. The number of halogens is 1. The smallest absolute Gasteiger partial charge is 0.269 e. The van der Waals surface area contributed by atoms with E-state index in [1.807, 2.05) is 0 Å². The molecule has 0 radical (unpaired) electrons. The molecule has 0 saturated heterocycles. The van der Waals surface area contributed by atoms with Gasteiger partial charge >= 0.3 is 0 Å². The van der Waals surface area contributed by atoms with Crippen LogP contribution < -0.4 is 10.9 Å². The summed E-state index contributed by atoms with van der Waals surface area (Å²) in [4.78, 5) is 23.8. The molecule has 21 heavy (non-hydrogen) atoms. The number of hydrazine groups is 1. The Labute approximate surface area is 129 Å². The summed E-state index contributed by atoms with van der Waals surface area (Å²) >= 11 is 5.83. The number of fused-ring (bicyclic) bond motifs is 2. The molecule has 1 aromatic carbocycles. The van der Waals surface area contributed by atoms with Crippen molar-refractivity contribution in [3.05, 3.63) is 34.9 Å². The number of carbonyl (C=O) groups is 2. The van der Waals surface area contributed by atoms with E-state index in [1.54, 1.807) is 24.3 Å². The maximum atomic E-state index is 11.9. The Bertz CT molecular complexity index is 561. The molecule has 3 rings (SSSR count). The van der Waals surface area contributed by atoms with Crippen molar-refractivity contribution in [2.24, 2.45) is 17.8 Å². The molecule has 0 heterocycles. The van der Waals surface area contributed by atoms with E-state index in [0.29, 0.717) is 28.8 Å². The lowest BCUT2D eigenvalue weighted by molar-refractivity contribution is -0.123. The predicted octanol–water partition coefficient (Wildman–Crippen LogP) is 2.93. The minimum atomic E-state index is -0.348. The SMILES string of the molecule is O=C(C[C@@H]1C[C@H]2CC[C@@H]1C2)NNC(=O)c1cccc(Cl)c1. The Balaban J connectivity index is 1.46.